The van der Waals surface area contributed by atoms with Crippen molar-refractivity contribution in [2.75, 3.05) is 44.9 Å². The van der Waals surface area contributed by atoms with E-state index in [4.69, 9.17) is 14.5 Å². The summed E-state index contributed by atoms with van der Waals surface area (Å²) in [6, 6.07) is 5.56. The van der Waals surface area contributed by atoms with Crippen molar-refractivity contribution in [2.45, 2.75) is 13.0 Å². The third kappa shape index (κ3) is 3.24. The zero-order valence-electron chi connectivity index (χ0n) is 17.2. The first-order valence-corrected chi connectivity index (χ1v) is 10.1. The molecule has 9 heteroatoms. The summed E-state index contributed by atoms with van der Waals surface area (Å²) in [6.07, 6.45) is 2.66. The summed E-state index contributed by atoms with van der Waals surface area (Å²) in [5.41, 5.74) is 3.40. The Morgan fingerprint density at radius 3 is 2.83 bits per heavy atom. The maximum atomic E-state index is 13.2. The molecule has 30 heavy (non-hydrogen) atoms. The van der Waals surface area contributed by atoms with Gasteiger partial charge in [-0.05, 0) is 30.2 Å². The van der Waals surface area contributed by atoms with Crippen molar-refractivity contribution in [3.8, 4) is 5.88 Å². The van der Waals surface area contributed by atoms with Gasteiger partial charge in [0.05, 0.1) is 43.5 Å². The van der Waals surface area contributed by atoms with E-state index >= 15 is 0 Å². The quantitative estimate of drug-likeness (QED) is 0.648. The van der Waals surface area contributed by atoms with Crippen LogP contribution in [0.15, 0.2) is 24.4 Å². The Hall–Kier alpha value is -3.20. The molecule has 1 amide bonds. The summed E-state index contributed by atoms with van der Waals surface area (Å²) in [5.74, 6) is 1.38. The first-order chi connectivity index (χ1) is 14.6. The standard InChI is InChI=1S/C21H24N6O3/c1-25-20(29-2)16-4-3-14(11-17(16)24-25)19(28)27-6-5-15-12-22-21(23-18(15)13-27)26-7-9-30-10-8-26/h3-4,11-12H,5-10,13H2,1-2H3. The number of nitrogens with zero attached hydrogens (tertiary/aromatic N) is 6. The van der Waals surface area contributed by atoms with Crippen LogP contribution in [0.5, 0.6) is 5.88 Å². The average Bonchev–Trinajstić information content (AvgIpc) is 3.12. The first kappa shape index (κ1) is 18.8. The minimum atomic E-state index is -0.0151. The molecule has 0 bridgehead atoms. The Balaban J connectivity index is 1.38. The van der Waals surface area contributed by atoms with Crippen LogP contribution in [-0.2, 0) is 24.8 Å². The van der Waals surface area contributed by atoms with Gasteiger partial charge in [0.15, 0.2) is 0 Å². The molecule has 0 saturated carbocycles. The molecule has 0 aliphatic carbocycles. The number of benzene rings is 1. The van der Waals surface area contributed by atoms with Gasteiger partial charge in [-0.3, -0.25) is 4.79 Å². The number of morpholine rings is 1. The Morgan fingerprint density at radius 2 is 2.03 bits per heavy atom. The SMILES string of the molecule is COc1c2ccc(C(=O)N3CCc4cnc(N5CCOCC5)nc4C3)cc2nn1C. The fourth-order valence-corrected chi connectivity index (χ4v) is 4.12. The topological polar surface area (TPSA) is 85.6 Å². The zero-order chi connectivity index (χ0) is 20.7. The number of amides is 1. The second kappa shape index (κ2) is 7.56. The maximum Gasteiger partial charge on any atom is 0.254 e. The molecule has 2 aromatic heterocycles. The van der Waals surface area contributed by atoms with E-state index in [0.717, 1.165) is 41.7 Å². The molecule has 2 aliphatic rings. The third-order valence-electron chi connectivity index (χ3n) is 5.73. The van der Waals surface area contributed by atoms with Crippen molar-refractivity contribution in [1.29, 1.82) is 0 Å². The third-order valence-corrected chi connectivity index (χ3v) is 5.73. The summed E-state index contributed by atoms with van der Waals surface area (Å²) in [7, 11) is 3.45. The van der Waals surface area contributed by atoms with Crippen LogP contribution in [0, 0.1) is 0 Å². The van der Waals surface area contributed by atoms with E-state index in [-0.39, 0.29) is 5.91 Å². The highest BCUT2D eigenvalue weighted by Gasteiger charge is 2.25. The van der Waals surface area contributed by atoms with Crippen molar-refractivity contribution >= 4 is 22.8 Å². The van der Waals surface area contributed by atoms with Gasteiger partial charge in [0.25, 0.3) is 5.91 Å². The van der Waals surface area contributed by atoms with Gasteiger partial charge in [0, 0.05) is 38.4 Å². The molecular weight excluding hydrogens is 384 g/mol. The highest BCUT2D eigenvalue weighted by atomic mass is 16.5. The van der Waals surface area contributed by atoms with Gasteiger partial charge in [-0.1, -0.05) is 0 Å². The highest BCUT2D eigenvalue weighted by molar-refractivity contribution is 5.98. The molecule has 0 N–H and O–H groups in total. The number of methoxy groups -OCH3 is 1. The number of rotatable bonds is 3. The van der Waals surface area contributed by atoms with Crippen LogP contribution in [0.3, 0.4) is 0 Å². The van der Waals surface area contributed by atoms with E-state index in [0.29, 0.717) is 43.7 Å². The van der Waals surface area contributed by atoms with Crippen LogP contribution < -0.4 is 9.64 Å². The fraction of sp³-hybridized carbons (Fsp3) is 0.429. The predicted molar refractivity (Wildman–Crippen MR) is 111 cm³/mol. The molecule has 0 atom stereocenters. The summed E-state index contributed by atoms with van der Waals surface area (Å²) >= 11 is 0. The molecule has 1 saturated heterocycles. The number of aromatic nitrogens is 4. The lowest BCUT2D eigenvalue weighted by molar-refractivity contribution is 0.0731. The maximum absolute atomic E-state index is 13.2. The molecule has 3 aromatic rings. The number of hydrogen-bond donors (Lipinski definition) is 0. The van der Waals surface area contributed by atoms with Crippen LogP contribution >= 0.6 is 0 Å². The Labute approximate surface area is 174 Å². The average molecular weight is 408 g/mol. The molecule has 4 heterocycles. The van der Waals surface area contributed by atoms with E-state index in [2.05, 4.69) is 15.0 Å². The van der Waals surface area contributed by atoms with Crippen molar-refractivity contribution in [2.24, 2.45) is 7.05 Å². The molecule has 9 nitrogen and oxygen atoms in total. The van der Waals surface area contributed by atoms with E-state index in [1.165, 1.54) is 0 Å². The number of anilines is 1. The summed E-state index contributed by atoms with van der Waals surface area (Å²) < 4.78 is 12.5. The lowest BCUT2D eigenvalue weighted by Gasteiger charge is -2.30. The number of ether oxygens (including phenoxy) is 2. The van der Waals surface area contributed by atoms with Gasteiger partial charge < -0.3 is 19.3 Å². The predicted octanol–water partition coefficient (Wildman–Crippen LogP) is 1.41. The number of fused-ring (bicyclic) bond motifs is 2. The monoisotopic (exact) mass is 408 g/mol. The van der Waals surface area contributed by atoms with Crippen LogP contribution in [0.25, 0.3) is 10.9 Å². The van der Waals surface area contributed by atoms with Gasteiger partial charge in [0.2, 0.25) is 11.8 Å². The Morgan fingerprint density at radius 1 is 1.20 bits per heavy atom. The number of carbonyl (C=O) groups excluding carboxylic acids is 1. The summed E-state index contributed by atoms with van der Waals surface area (Å²) in [5, 5.41) is 5.35. The van der Waals surface area contributed by atoms with Gasteiger partial charge in [0.1, 0.15) is 0 Å². The van der Waals surface area contributed by atoms with Crippen molar-refractivity contribution in [3.63, 3.8) is 0 Å². The number of hydrogen-bond acceptors (Lipinski definition) is 7. The lowest BCUT2D eigenvalue weighted by Crippen LogP contribution is -2.39. The molecular formula is C21H24N6O3. The van der Waals surface area contributed by atoms with Gasteiger partial charge >= 0.3 is 0 Å². The van der Waals surface area contributed by atoms with Crippen LogP contribution in [0.4, 0.5) is 5.95 Å². The van der Waals surface area contributed by atoms with Crippen molar-refractivity contribution in [3.05, 3.63) is 41.2 Å². The smallest absolute Gasteiger partial charge is 0.254 e. The molecule has 0 spiro atoms. The highest BCUT2D eigenvalue weighted by Crippen LogP contribution is 2.27. The first-order valence-electron chi connectivity index (χ1n) is 10.1. The van der Waals surface area contributed by atoms with Gasteiger partial charge in [-0.25, -0.2) is 14.6 Å². The lowest BCUT2D eigenvalue weighted by atomic mass is 10.1. The molecule has 5 rings (SSSR count). The Bertz CT molecular complexity index is 1110. The normalized spacial score (nSPS) is 16.6. The molecule has 0 radical (unpaired) electrons. The van der Waals surface area contributed by atoms with Crippen molar-refractivity contribution < 1.29 is 14.3 Å². The van der Waals surface area contributed by atoms with E-state index < -0.39 is 0 Å². The zero-order valence-corrected chi connectivity index (χ0v) is 17.2. The summed E-state index contributed by atoms with van der Waals surface area (Å²) in [6.45, 7) is 4.08. The number of carbonyl (C=O) groups is 1. The Kier molecular flexibility index (Phi) is 4.74. The van der Waals surface area contributed by atoms with Crippen molar-refractivity contribution in [1.82, 2.24) is 24.6 Å². The minimum absolute atomic E-state index is 0.0151. The molecule has 2 aliphatic heterocycles. The second-order valence-electron chi connectivity index (χ2n) is 7.58. The van der Waals surface area contributed by atoms with Gasteiger partial charge in [-0.2, -0.15) is 5.10 Å². The largest absolute Gasteiger partial charge is 0.481 e. The van der Waals surface area contributed by atoms with Gasteiger partial charge in [-0.15, -0.1) is 0 Å². The second-order valence-corrected chi connectivity index (χ2v) is 7.58. The van der Waals surface area contributed by atoms with Crippen LogP contribution in [0.1, 0.15) is 21.6 Å². The molecule has 1 aromatic carbocycles. The number of aryl methyl sites for hydroxylation is 1. The van der Waals surface area contributed by atoms with E-state index in [1.54, 1.807) is 11.8 Å². The summed E-state index contributed by atoms with van der Waals surface area (Å²) in [4.78, 5) is 26.5. The van der Waals surface area contributed by atoms with Crippen LogP contribution in [0.2, 0.25) is 0 Å². The van der Waals surface area contributed by atoms with Crippen LogP contribution in [-0.4, -0.2) is 70.5 Å². The minimum Gasteiger partial charge on any atom is -0.481 e. The van der Waals surface area contributed by atoms with E-state index in [1.807, 2.05) is 36.3 Å². The molecule has 1 fully saturated rings. The van der Waals surface area contributed by atoms with E-state index in [9.17, 15) is 4.79 Å². The molecule has 156 valence electrons. The fourth-order valence-electron chi connectivity index (χ4n) is 4.12. The molecule has 0 unspecified atom stereocenters.